The van der Waals surface area contributed by atoms with E-state index in [0.29, 0.717) is 12.1 Å². The van der Waals surface area contributed by atoms with Crippen LogP contribution in [0.4, 0.5) is 5.69 Å². The fourth-order valence-electron chi connectivity index (χ4n) is 2.38. The molecule has 2 rings (SSSR count). The van der Waals surface area contributed by atoms with Gasteiger partial charge in [-0.15, -0.1) is 0 Å². The largest absolute Gasteiger partial charge is 0.480 e. The van der Waals surface area contributed by atoms with E-state index in [0.717, 1.165) is 24.0 Å². The van der Waals surface area contributed by atoms with Crippen LogP contribution in [0.15, 0.2) is 18.2 Å². The van der Waals surface area contributed by atoms with E-state index >= 15 is 0 Å². The summed E-state index contributed by atoms with van der Waals surface area (Å²) in [4.78, 5) is 10.5. The molecule has 1 atom stereocenters. The van der Waals surface area contributed by atoms with Crippen molar-refractivity contribution in [1.29, 1.82) is 0 Å². The van der Waals surface area contributed by atoms with Crippen LogP contribution in [0.25, 0.3) is 0 Å². The van der Waals surface area contributed by atoms with E-state index in [-0.39, 0.29) is 6.04 Å². The van der Waals surface area contributed by atoms with Crippen LogP contribution in [0, 0.1) is 0 Å². The number of nitrogens with two attached hydrogens (primary N) is 1. The van der Waals surface area contributed by atoms with Crippen LogP contribution in [-0.2, 0) is 21.2 Å². The maximum Gasteiger partial charge on any atom is 0.320 e. The number of hydrogen-bond donors (Lipinski definition) is 3. The van der Waals surface area contributed by atoms with Crippen molar-refractivity contribution < 1.29 is 18.3 Å². The van der Waals surface area contributed by atoms with Gasteiger partial charge in [0, 0.05) is 11.7 Å². The molecule has 0 radical (unpaired) electrons. The van der Waals surface area contributed by atoms with Gasteiger partial charge in [0.2, 0.25) is 10.0 Å². The number of anilines is 1. The van der Waals surface area contributed by atoms with Crippen molar-refractivity contribution in [3.05, 3.63) is 29.3 Å². The fourth-order valence-corrected chi connectivity index (χ4v) is 3.46. The molecule has 4 N–H and O–H groups in total. The number of nitrogen functional groups attached to an aromatic ring is 1. The van der Waals surface area contributed by atoms with E-state index in [4.69, 9.17) is 10.8 Å². The summed E-state index contributed by atoms with van der Waals surface area (Å²) in [5, 5.41) is 8.57. The molecular formula is C12H16N2O4S. The number of carboxylic acid groups (broad SMARTS) is 1. The highest BCUT2D eigenvalue weighted by molar-refractivity contribution is 7.90. The minimum absolute atomic E-state index is 0.367. The second kappa shape index (κ2) is 5.18. The summed E-state index contributed by atoms with van der Waals surface area (Å²) in [7, 11) is -3.81. The molecule has 1 aromatic carbocycles. The third kappa shape index (κ3) is 3.45. The molecule has 0 bridgehead atoms. The van der Waals surface area contributed by atoms with E-state index in [1.54, 1.807) is 12.1 Å². The molecule has 1 aromatic rings. The SMILES string of the molecule is Nc1ccc2c(c1)CCCC2NS(=O)(=O)CC(=O)O. The molecule has 0 spiro atoms. The molecule has 0 saturated carbocycles. The summed E-state index contributed by atoms with van der Waals surface area (Å²) in [5.74, 6) is -2.27. The lowest BCUT2D eigenvalue weighted by Crippen LogP contribution is -2.34. The first kappa shape index (κ1) is 13.8. The average Bonchev–Trinajstić information content (AvgIpc) is 2.26. The molecule has 104 valence electrons. The lowest BCUT2D eigenvalue weighted by atomic mass is 9.88. The Morgan fingerprint density at radius 3 is 2.89 bits per heavy atom. The van der Waals surface area contributed by atoms with Crippen molar-refractivity contribution in [3.8, 4) is 0 Å². The number of rotatable bonds is 4. The van der Waals surface area contributed by atoms with Gasteiger partial charge in [0.15, 0.2) is 5.75 Å². The van der Waals surface area contributed by atoms with E-state index in [1.807, 2.05) is 6.07 Å². The Kier molecular flexibility index (Phi) is 3.77. The van der Waals surface area contributed by atoms with Crippen LogP contribution < -0.4 is 10.5 Å². The minimum atomic E-state index is -3.81. The highest BCUT2D eigenvalue weighted by Gasteiger charge is 2.26. The van der Waals surface area contributed by atoms with Crippen molar-refractivity contribution in [2.75, 3.05) is 11.5 Å². The van der Waals surface area contributed by atoms with Gasteiger partial charge in [0.1, 0.15) is 0 Å². The van der Waals surface area contributed by atoms with Gasteiger partial charge in [-0.25, -0.2) is 13.1 Å². The molecule has 0 saturated heterocycles. The highest BCUT2D eigenvalue weighted by Crippen LogP contribution is 2.31. The quantitative estimate of drug-likeness (QED) is 0.703. The lowest BCUT2D eigenvalue weighted by Gasteiger charge is -2.26. The second-order valence-electron chi connectivity index (χ2n) is 4.67. The molecule has 0 aromatic heterocycles. The number of hydrogen-bond acceptors (Lipinski definition) is 4. The molecular weight excluding hydrogens is 268 g/mol. The van der Waals surface area contributed by atoms with Gasteiger partial charge in [-0.1, -0.05) is 6.07 Å². The average molecular weight is 284 g/mol. The predicted molar refractivity (Wildman–Crippen MR) is 71.1 cm³/mol. The standard InChI is InChI=1S/C12H16N2O4S/c13-9-4-5-10-8(6-9)2-1-3-11(10)14-19(17,18)7-12(15)16/h4-6,11,14H,1-3,7,13H2,(H,15,16). The molecule has 6 nitrogen and oxygen atoms in total. The van der Waals surface area contributed by atoms with Crippen LogP contribution in [0.2, 0.25) is 0 Å². The predicted octanol–water partition coefficient (Wildman–Crippen LogP) is 0.650. The number of sulfonamides is 1. The van der Waals surface area contributed by atoms with Crippen molar-refractivity contribution >= 4 is 21.7 Å². The Morgan fingerprint density at radius 2 is 2.21 bits per heavy atom. The Hall–Kier alpha value is -1.60. The molecule has 1 aliphatic carbocycles. The molecule has 0 aliphatic heterocycles. The van der Waals surface area contributed by atoms with E-state index in [1.165, 1.54) is 0 Å². The molecule has 0 heterocycles. The molecule has 0 fully saturated rings. The Morgan fingerprint density at radius 1 is 1.47 bits per heavy atom. The topological polar surface area (TPSA) is 109 Å². The first-order valence-electron chi connectivity index (χ1n) is 5.97. The van der Waals surface area contributed by atoms with Crippen LogP contribution in [0.3, 0.4) is 0 Å². The number of aliphatic carboxylic acids is 1. The van der Waals surface area contributed by atoms with Crippen LogP contribution in [0.1, 0.15) is 30.0 Å². The smallest absolute Gasteiger partial charge is 0.320 e. The van der Waals surface area contributed by atoms with Gasteiger partial charge < -0.3 is 10.8 Å². The van der Waals surface area contributed by atoms with Crippen LogP contribution in [0.5, 0.6) is 0 Å². The van der Waals surface area contributed by atoms with E-state index in [9.17, 15) is 13.2 Å². The number of carboxylic acids is 1. The zero-order valence-electron chi connectivity index (χ0n) is 10.3. The zero-order chi connectivity index (χ0) is 14.0. The Labute approximate surface area is 111 Å². The minimum Gasteiger partial charge on any atom is -0.480 e. The number of benzene rings is 1. The lowest BCUT2D eigenvalue weighted by molar-refractivity contribution is -0.134. The summed E-state index contributed by atoms with van der Waals surface area (Å²) < 4.78 is 25.8. The van der Waals surface area contributed by atoms with Gasteiger partial charge in [0.25, 0.3) is 0 Å². The highest BCUT2D eigenvalue weighted by atomic mass is 32.2. The van der Waals surface area contributed by atoms with E-state index in [2.05, 4.69) is 4.72 Å². The zero-order valence-corrected chi connectivity index (χ0v) is 11.1. The van der Waals surface area contributed by atoms with Gasteiger partial charge >= 0.3 is 5.97 Å². The maximum atomic E-state index is 11.7. The first-order chi connectivity index (χ1) is 8.87. The maximum absolute atomic E-state index is 11.7. The normalized spacial score (nSPS) is 18.8. The number of aryl methyl sites for hydroxylation is 1. The summed E-state index contributed by atoms with van der Waals surface area (Å²) in [6.45, 7) is 0. The van der Waals surface area contributed by atoms with E-state index < -0.39 is 21.7 Å². The number of fused-ring (bicyclic) bond motifs is 1. The Bertz CT molecular complexity index is 598. The molecule has 1 unspecified atom stereocenters. The van der Waals surface area contributed by atoms with Crippen molar-refractivity contribution in [2.45, 2.75) is 25.3 Å². The monoisotopic (exact) mass is 284 g/mol. The third-order valence-corrected chi connectivity index (χ3v) is 4.39. The van der Waals surface area contributed by atoms with Gasteiger partial charge in [-0.3, -0.25) is 4.79 Å². The summed E-state index contributed by atoms with van der Waals surface area (Å²) in [6.07, 6.45) is 2.37. The van der Waals surface area contributed by atoms with Gasteiger partial charge in [0.05, 0.1) is 0 Å². The Balaban J connectivity index is 2.23. The van der Waals surface area contributed by atoms with Gasteiger partial charge in [-0.2, -0.15) is 0 Å². The number of nitrogens with one attached hydrogen (secondary N) is 1. The fraction of sp³-hybridized carbons (Fsp3) is 0.417. The third-order valence-electron chi connectivity index (χ3n) is 3.12. The van der Waals surface area contributed by atoms with Crippen LogP contribution >= 0.6 is 0 Å². The molecule has 19 heavy (non-hydrogen) atoms. The van der Waals surface area contributed by atoms with Crippen molar-refractivity contribution in [3.63, 3.8) is 0 Å². The summed E-state index contributed by atoms with van der Waals surface area (Å²) in [5.41, 5.74) is 8.26. The van der Waals surface area contributed by atoms with Crippen molar-refractivity contribution in [2.24, 2.45) is 0 Å². The van der Waals surface area contributed by atoms with Crippen LogP contribution in [-0.4, -0.2) is 25.2 Å². The number of carbonyl (C=O) groups is 1. The van der Waals surface area contributed by atoms with Crippen molar-refractivity contribution in [1.82, 2.24) is 4.72 Å². The summed E-state index contributed by atoms with van der Waals surface area (Å²) in [6, 6.07) is 5.00. The molecule has 0 amide bonds. The summed E-state index contributed by atoms with van der Waals surface area (Å²) >= 11 is 0. The molecule has 7 heteroatoms. The second-order valence-corrected chi connectivity index (χ2v) is 6.43. The van der Waals surface area contributed by atoms with Gasteiger partial charge in [-0.05, 0) is 42.5 Å². The molecule has 1 aliphatic rings. The first-order valence-corrected chi connectivity index (χ1v) is 7.63.